The maximum Gasteiger partial charge on any atom is 0.253 e. The first-order valence-electron chi connectivity index (χ1n) is 6.49. The summed E-state index contributed by atoms with van der Waals surface area (Å²) in [5, 5.41) is 2.23. The van der Waals surface area contributed by atoms with Crippen LogP contribution in [-0.4, -0.2) is 23.9 Å². The summed E-state index contributed by atoms with van der Waals surface area (Å²) in [5.41, 5.74) is 0.748. The van der Waals surface area contributed by atoms with Gasteiger partial charge in [0.05, 0.1) is 0 Å². The maximum absolute atomic E-state index is 12.4. The quantitative estimate of drug-likeness (QED) is 0.817. The molecule has 1 amide bonds. The zero-order chi connectivity index (χ0) is 14.0. The fraction of sp³-hybridized carbons (Fsp3) is 0.312. The van der Waals surface area contributed by atoms with E-state index in [2.05, 4.69) is 35.8 Å². The number of fused-ring (bicyclic) bond motifs is 1. The normalized spacial score (nSPS) is 12.4. The van der Waals surface area contributed by atoms with Gasteiger partial charge in [-0.15, -0.1) is 0 Å². The summed E-state index contributed by atoms with van der Waals surface area (Å²) < 4.78 is 1.05. The zero-order valence-corrected chi connectivity index (χ0v) is 13.1. The Morgan fingerprint density at radius 3 is 2.53 bits per heavy atom. The van der Waals surface area contributed by atoms with E-state index in [1.807, 2.05) is 37.4 Å². The molecule has 0 aromatic heterocycles. The third kappa shape index (κ3) is 2.98. The van der Waals surface area contributed by atoms with Crippen molar-refractivity contribution in [2.75, 3.05) is 7.05 Å². The van der Waals surface area contributed by atoms with E-state index in [4.69, 9.17) is 0 Å². The van der Waals surface area contributed by atoms with E-state index < -0.39 is 0 Å². The Hall–Kier alpha value is -1.35. The van der Waals surface area contributed by atoms with Gasteiger partial charge in [0.2, 0.25) is 0 Å². The highest BCUT2D eigenvalue weighted by Gasteiger charge is 2.16. The van der Waals surface area contributed by atoms with E-state index in [1.165, 1.54) is 0 Å². The number of carbonyl (C=O) groups is 1. The van der Waals surface area contributed by atoms with Crippen LogP contribution in [0.25, 0.3) is 10.8 Å². The summed E-state index contributed by atoms with van der Waals surface area (Å²) in [6.07, 6.45) is 0.961. The van der Waals surface area contributed by atoms with Gasteiger partial charge in [-0.25, -0.2) is 0 Å². The first-order chi connectivity index (χ1) is 9.02. The predicted octanol–water partition coefficient (Wildman–Crippen LogP) is 4.47. The zero-order valence-electron chi connectivity index (χ0n) is 11.5. The fourth-order valence-corrected chi connectivity index (χ4v) is 2.41. The van der Waals surface area contributed by atoms with Crippen molar-refractivity contribution in [3.63, 3.8) is 0 Å². The molecule has 0 saturated carbocycles. The average Bonchev–Trinajstić information content (AvgIpc) is 2.44. The van der Waals surface area contributed by atoms with Crippen LogP contribution in [0.3, 0.4) is 0 Å². The molecule has 0 fully saturated rings. The van der Waals surface area contributed by atoms with E-state index in [-0.39, 0.29) is 11.9 Å². The Balaban J connectivity index is 2.35. The van der Waals surface area contributed by atoms with Crippen molar-refractivity contribution in [1.29, 1.82) is 0 Å². The highest BCUT2D eigenvalue weighted by molar-refractivity contribution is 9.10. The second-order valence-electron chi connectivity index (χ2n) is 4.88. The van der Waals surface area contributed by atoms with Gasteiger partial charge in [-0.2, -0.15) is 0 Å². The minimum Gasteiger partial charge on any atom is -0.339 e. The van der Waals surface area contributed by atoms with Crippen LogP contribution in [0.1, 0.15) is 30.6 Å². The molecule has 2 nitrogen and oxygen atoms in total. The van der Waals surface area contributed by atoms with Crippen molar-refractivity contribution in [2.45, 2.75) is 26.3 Å². The van der Waals surface area contributed by atoms with E-state index >= 15 is 0 Å². The van der Waals surface area contributed by atoms with Crippen molar-refractivity contribution in [3.05, 3.63) is 46.4 Å². The molecule has 0 radical (unpaired) electrons. The van der Waals surface area contributed by atoms with Gasteiger partial charge in [-0.1, -0.05) is 35.0 Å². The number of hydrogen-bond acceptors (Lipinski definition) is 1. The van der Waals surface area contributed by atoms with Crippen molar-refractivity contribution >= 4 is 32.6 Å². The van der Waals surface area contributed by atoms with E-state index in [0.29, 0.717) is 0 Å². The molecule has 0 heterocycles. The lowest BCUT2D eigenvalue weighted by molar-refractivity contribution is 0.0740. The van der Waals surface area contributed by atoms with Crippen molar-refractivity contribution < 1.29 is 4.79 Å². The van der Waals surface area contributed by atoms with Gasteiger partial charge in [0.1, 0.15) is 0 Å². The summed E-state index contributed by atoms with van der Waals surface area (Å²) in [4.78, 5) is 14.2. The van der Waals surface area contributed by atoms with Gasteiger partial charge >= 0.3 is 0 Å². The largest absolute Gasteiger partial charge is 0.339 e. The van der Waals surface area contributed by atoms with Gasteiger partial charge < -0.3 is 4.90 Å². The Kier molecular flexibility index (Phi) is 4.25. The van der Waals surface area contributed by atoms with Gasteiger partial charge in [0, 0.05) is 23.1 Å². The third-order valence-electron chi connectivity index (χ3n) is 3.62. The van der Waals surface area contributed by atoms with Crippen LogP contribution < -0.4 is 0 Å². The number of carbonyl (C=O) groups excluding carboxylic acids is 1. The molecule has 100 valence electrons. The number of hydrogen-bond donors (Lipinski definition) is 0. The van der Waals surface area contributed by atoms with Gasteiger partial charge in [-0.05, 0) is 48.4 Å². The first-order valence-corrected chi connectivity index (χ1v) is 7.28. The molecule has 0 spiro atoms. The predicted molar refractivity (Wildman–Crippen MR) is 83.5 cm³/mol. The Morgan fingerprint density at radius 1 is 1.21 bits per heavy atom. The van der Waals surface area contributed by atoms with Gasteiger partial charge in [0.15, 0.2) is 0 Å². The lowest BCUT2D eigenvalue weighted by Crippen LogP contribution is -2.34. The molecule has 0 aliphatic heterocycles. The lowest BCUT2D eigenvalue weighted by atomic mass is 10.1. The second kappa shape index (κ2) is 5.74. The van der Waals surface area contributed by atoms with Crippen molar-refractivity contribution in [2.24, 2.45) is 0 Å². The highest BCUT2D eigenvalue weighted by Crippen LogP contribution is 2.21. The molecule has 2 rings (SSSR count). The summed E-state index contributed by atoms with van der Waals surface area (Å²) in [7, 11) is 1.86. The van der Waals surface area contributed by atoms with Crippen molar-refractivity contribution in [3.8, 4) is 0 Å². The molecular formula is C16H18BrNO. The molecule has 1 unspecified atom stereocenters. The van der Waals surface area contributed by atoms with Crippen LogP contribution >= 0.6 is 15.9 Å². The van der Waals surface area contributed by atoms with Gasteiger partial charge in [0.25, 0.3) is 5.91 Å². The average molecular weight is 320 g/mol. The topological polar surface area (TPSA) is 20.3 Å². The van der Waals surface area contributed by atoms with Crippen LogP contribution in [0.2, 0.25) is 0 Å². The molecule has 0 aliphatic rings. The molecule has 0 bridgehead atoms. The summed E-state index contributed by atoms with van der Waals surface area (Å²) >= 11 is 3.46. The first kappa shape index (κ1) is 14.1. The number of amides is 1. The molecule has 2 aromatic rings. The van der Waals surface area contributed by atoms with Crippen LogP contribution in [0, 0.1) is 0 Å². The molecule has 0 aliphatic carbocycles. The highest BCUT2D eigenvalue weighted by atomic mass is 79.9. The molecule has 2 aromatic carbocycles. The minimum absolute atomic E-state index is 0.0826. The van der Waals surface area contributed by atoms with E-state index in [1.54, 1.807) is 4.90 Å². The molecule has 3 heteroatoms. The Bertz CT molecular complexity index is 609. The monoisotopic (exact) mass is 319 g/mol. The van der Waals surface area contributed by atoms with E-state index in [9.17, 15) is 4.79 Å². The molecule has 1 atom stereocenters. The second-order valence-corrected chi connectivity index (χ2v) is 5.80. The number of halogens is 1. The van der Waals surface area contributed by atoms with Crippen LogP contribution in [0.4, 0.5) is 0 Å². The maximum atomic E-state index is 12.4. The van der Waals surface area contributed by atoms with Crippen LogP contribution in [-0.2, 0) is 0 Å². The minimum atomic E-state index is 0.0826. The Morgan fingerprint density at radius 2 is 1.84 bits per heavy atom. The number of rotatable bonds is 3. The number of benzene rings is 2. The van der Waals surface area contributed by atoms with Crippen LogP contribution in [0.15, 0.2) is 40.9 Å². The summed E-state index contributed by atoms with van der Waals surface area (Å²) in [5.74, 6) is 0.0826. The lowest BCUT2D eigenvalue weighted by Gasteiger charge is -2.24. The Labute approximate surface area is 122 Å². The number of nitrogens with zero attached hydrogens (tertiary/aromatic N) is 1. The summed E-state index contributed by atoms with van der Waals surface area (Å²) in [6, 6.07) is 12.2. The molecule has 19 heavy (non-hydrogen) atoms. The van der Waals surface area contributed by atoms with Crippen LogP contribution in [0.5, 0.6) is 0 Å². The van der Waals surface area contributed by atoms with Gasteiger partial charge in [-0.3, -0.25) is 4.79 Å². The third-order valence-corrected chi connectivity index (χ3v) is 4.11. The smallest absolute Gasteiger partial charge is 0.253 e. The molecule has 0 N–H and O–H groups in total. The van der Waals surface area contributed by atoms with E-state index in [0.717, 1.165) is 27.2 Å². The molecular weight excluding hydrogens is 302 g/mol. The summed E-state index contributed by atoms with van der Waals surface area (Å²) in [6.45, 7) is 4.16. The molecule has 0 saturated heterocycles. The standard InChI is InChI=1S/C16H18BrNO/c1-4-11(2)18(3)16(19)14-6-5-13-10-15(17)8-7-12(13)9-14/h5-11H,4H2,1-3H3. The SMILES string of the molecule is CCC(C)N(C)C(=O)c1ccc2cc(Br)ccc2c1. The van der Waals surface area contributed by atoms with Crippen molar-refractivity contribution in [1.82, 2.24) is 4.90 Å². The fourth-order valence-electron chi connectivity index (χ4n) is 2.03.